The van der Waals surface area contributed by atoms with Crippen LogP contribution in [0.4, 0.5) is 11.4 Å². The van der Waals surface area contributed by atoms with Gasteiger partial charge in [0.05, 0.1) is 17.4 Å². The van der Waals surface area contributed by atoms with Crippen LogP contribution in [0.15, 0.2) is 67.0 Å². The number of para-hydroxylation sites is 1. The lowest BCUT2D eigenvalue weighted by Gasteiger charge is -2.14. The van der Waals surface area contributed by atoms with Gasteiger partial charge in [0.2, 0.25) is 0 Å². The first-order chi connectivity index (χ1) is 12.7. The summed E-state index contributed by atoms with van der Waals surface area (Å²) in [5.74, 6) is -0.134. The van der Waals surface area contributed by atoms with Gasteiger partial charge in [-0.3, -0.25) is 9.78 Å². The van der Waals surface area contributed by atoms with Gasteiger partial charge in [-0.15, -0.1) is 0 Å². The van der Waals surface area contributed by atoms with Crippen LogP contribution in [0.5, 0.6) is 0 Å². The fraction of sp³-hybridized carbons (Fsp3) is 0.182. The number of hydrogen-bond acceptors (Lipinski definition) is 3. The molecule has 0 radical (unpaired) electrons. The molecule has 0 unspecified atom stereocenters. The molecule has 2 aromatic carbocycles. The Morgan fingerprint density at radius 1 is 1.04 bits per heavy atom. The van der Waals surface area contributed by atoms with Gasteiger partial charge in [-0.2, -0.15) is 0 Å². The SMILES string of the molecule is CCc1cccc(C)c1Nc1cncc(C(=O)NCc2ccccc2)c1. The van der Waals surface area contributed by atoms with E-state index in [0.29, 0.717) is 12.1 Å². The molecule has 0 saturated heterocycles. The second-order valence-electron chi connectivity index (χ2n) is 6.22. The van der Waals surface area contributed by atoms with Crippen LogP contribution in [0, 0.1) is 6.92 Å². The molecule has 3 rings (SSSR count). The largest absolute Gasteiger partial charge is 0.354 e. The number of nitrogens with one attached hydrogen (secondary N) is 2. The molecule has 0 saturated carbocycles. The molecule has 4 heteroatoms. The van der Waals surface area contributed by atoms with Crippen LogP contribution in [0.25, 0.3) is 0 Å². The Balaban J connectivity index is 1.73. The van der Waals surface area contributed by atoms with Crippen molar-refractivity contribution in [1.29, 1.82) is 0 Å². The van der Waals surface area contributed by atoms with E-state index in [4.69, 9.17) is 0 Å². The van der Waals surface area contributed by atoms with Crippen molar-refractivity contribution in [3.8, 4) is 0 Å². The topological polar surface area (TPSA) is 54.0 Å². The zero-order chi connectivity index (χ0) is 18.4. The second-order valence-corrected chi connectivity index (χ2v) is 6.22. The third kappa shape index (κ3) is 4.28. The standard InChI is InChI=1S/C22H23N3O/c1-3-18-11-7-8-16(2)21(18)25-20-12-19(14-23-15-20)22(26)24-13-17-9-5-4-6-10-17/h4-12,14-15,25H,3,13H2,1-2H3,(H,24,26). The number of benzene rings is 2. The molecule has 3 aromatic rings. The predicted molar refractivity (Wildman–Crippen MR) is 106 cm³/mol. The Labute approximate surface area is 154 Å². The first kappa shape index (κ1) is 17.7. The van der Waals surface area contributed by atoms with Gasteiger partial charge in [0.1, 0.15) is 0 Å². The van der Waals surface area contributed by atoms with E-state index in [0.717, 1.165) is 23.4 Å². The lowest BCUT2D eigenvalue weighted by Crippen LogP contribution is -2.23. The van der Waals surface area contributed by atoms with Crippen molar-refractivity contribution in [1.82, 2.24) is 10.3 Å². The molecule has 1 amide bonds. The van der Waals surface area contributed by atoms with Crippen molar-refractivity contribution in [2.75, 3.05) is 5.32 Å². The minimum atomic E-state index is -0.134. The first-order valence-corrected chi connectivity index (χ1v) is 8.80. The van der Waals surface area contributed by atoms with Crippen molar-refractivity contribution in [2.24, 2.45) is 0 Å². The maximum Gasteiger partial charge on any atom is 0.253 e. The summed E-state index contributed by atoms with van der Waals surface area (Å²) in [5, 5.41) is 6.35. The number of anilines is 2. The summed E-state index contributed by atoms with van der Waals surface area (Å²) in [5.41, 5.74) is 5.90. The Kier molecular flexibility index (Phi) is 5.64. The smallest absolute Gasteiger partial charge is 0.253 e. The maximum atomic E-state index is 12.4. The Morgan fingerprint density at radius 2 is 1.85 bits per heavy atom. The lowest BCUT2D eigenvalue weighted by atomic mass is 10.1. The zero-order valence-corrected chi connectivity index (χ0v) is 15.1. The quantitative estimate of drug-likeness (QED) is 0.685. The normalized spacial score (nSPS) is 10.4. The van der Waals surface area contributed by atoms with Crippen molar-refractivity contribution in [3.05, 3.63) is 89.2 Å². The molecule has 1 heterocycles. The summed E-state index contributed by atoms with van der Waals surface area (Å²) >= 11 is 0. The number of pyridine rings is 1. The Bertz CT molecular complexity index is 891. The van der Waals surface area contributed by atoms with E-state index >= 15 is 0 Å². The van der Waals surface area contributed by atoms with Gasteiger partial charge >= 0.3 is 0 Å². The van der Waals surface area contributed by atoms with Gasteiger partial charge in [-0.1, -0.05) is 55.5 Å². The number of amides is 1. The molecule has 4 nitrogen and oxygen atoms in total. The third-order valence-corrected chi connectivity index (χ3v) is 4.31. The summed E-state index contributed by atoms with van der Waals surface area (Å²) in [6.45, 7) is 4.70. The molecular weight excluding hydrogens is 322 g/mol. The van der Waals surface area contributed by atoms with E-state index < -0.39 is 0 Å². The molecule has 1 aromatic heterocycles. The summed E-state index contributed by atoms with van der Waals surface area (Å²) < 4.78 is 0. The number of carbonyl (C=O) groups is 1. The van der Waals surface area contributed by atoms with Crippen LogP contribution in [-0.2, 0) is 13.0 Å². The number of hydrogen-bond donors (Lipinski definition) is 2. The number of aryl methyl sites for hydroxylation is 2. The second kappa shape index (κ2) is 8.30. The van der Waals surface area contributed by atoms with E-state index in [9.17, 15) is 4.79 Å². The molecule has 26 heavy (non-hydrogen) atoms. The van der Waals surface area contributed by atoms with Crippen molar-refractivity contribution >= 4 is 17.3 Å². The predicted octanol–water partition coefficient (Wildman–Crippen LogP) is 4.63. The summed E-state index contributed by atoms with van der Waals surface area (Å²) in [6.07, 6.45) is 4.26. The first-order valence-electron chi connectivity index (χ1n) is 8.80. The Hall–Kier alpha value is -3.14. The zero-order valence-electron chi connectivity index (χ0n) is 15.1. The van der Waals surface area contributed by atoms with Crippen LogP contribution in [0.2, 0.25) is 0 Å². The van der Waals surface area contributed by atoms with Crippen molar-refractivity contribution < 1.29 is 4.79 Å². The minimum absolute atomic E-state index is 0.134. The van der Waals surface area contributed by atoms with E-state index in [1.54, 1.807) is 12.4 Å². The fourth-order valence-corrected chi connectivity index (χ4v) is 2.86. The van der Waals surface area contributed by atoms with Gasteiger partial charge < -0.3 is 10.6 Å². The highest BCUT2D eigenvalue weighted by molar-refractivity contribution is 5.94. The monoisotopic (exact) mass is 345 g/mol. The molecule has 132 valence electrons. The number of carbonyl (C=O) groups excluding carboxylic acids is 1. The molecule has 0 spiro atoms. The molecule has 0 aliphatic heterocycles. The number of rotatable bonds is 6. The number of nitrogens with zero attached hydrogens (tertiary/aromatic N) is 1. The van der Waals surface area contributed by atoms with Gasteiger partial charge in [-0.25, -0.2) is 0 Å². The highest BCUT2D eigenvalue weighted by atomic mass is 16.1. The minimum Gasteiger partial charge on any atom is -0.354 e. The van der Waals surface area contributed by atoms with Gasteiger partial charge in [-0.05, 0) is 36.1 Å². The van der Waals surface area contributed by atoms with Crippen molar-refractivity contribution in [3.63, 3.8) is 0 Å². The molecular formula is C22H23N3O. The average Bonchev–Trinajstić information content (AvgIpc) is 2.68. The van der Waals surface area contributed by atoms with E-state index in [1.165, 1.54) is 11.1 Å². The van der Waals surface area contributed by atoms with Crippen LogP contribution in [-0.4, -0.2) is 10.9 Å². The number of aromatic nitrogens is 1. The van der Waals surface area contributed by atoms with Gasteiger partial charge in [0.15, 0.2) is 0 Å². The highest BCUT2D eigenvalue weighted by Gasteiger charge is 2.09. The highest BCUT2D eigenvalue weighted by Crippen LogP contribution is 2.25. The summed E-state index contributed by atoms with van der Waals surface area (Å²) in [6, 6.07) is 17.9. The van der Waals surface area contributed by atoms with Crippen LogP contribution < -0.4 is 10.6 Å². The van der Waals surface area contributed by atoms with Crippen molar-refractivity contribution in [2.45, 2.75) is 26.8 Å². The molecule has 2 N–H and O–H groups in total. The van der Waals surface area contributed by atoms with E-state index in [2.05, 4.69) is 47.7 Å². The third-order valence-electron chi connectivity index (χ3n) is 4.31. The molecule has 0 aliphatic carbocycles. The lowest BCUT2D eigenvalue weighted by molar-refractivity contribution is 0.0950. The summed E-state index contributed by atoms with van der Waals surface area (Å²) in [4.78, 5) is 16.7. The summed E-state index contributed by atoms with van der Waals surface area (Å²) in [7, 11) is 0. The molecule has 0 bridgehead atoms. The molecule has 0 aliphatic rings. The Morgan fingerprint density at radius 3 is 2.62 bits per heavy atom. The van der Waals surface area contributed by atoms with E-state index in [1.807, 2.05) is 36.4 Å². The van der Waals surface area contributed by atoms with Crippen LogP contribution >= 0.6 is 0 Å². The van der Waals surface area contributed by atoms with Gasteiger partial charge in [0.25, 0.3) is 5.91 Å². The fourth-order valence-electron chi connectivity index (χ4n) is 2.86. The molecule has 0 fully saturated rings. The average molecular weight is 345 g/mol. The van der Waals surface area contributed by atoms with Gasteiger partial charge in [0, 0.05) is 18.4 Å². The van der Waals surface area contributed by atoms with Crippen LogP contribution in [0.3, 0.4) is 0 Å². The molecule has 0 atom stereocenters. The van der Waals surface area contributed by atoms with Crippen LogP contribution in [0.1, 0.15) is 34.0 Å². The van der Waals surface area contributed by atoms with E-state index in [-0.39, 0.29) is 5.91 Å². The maximum absolute atomic E-state index is 12.4.